The van der Waals surface area contributed by atoms with E-state index in [4.69, 9.17) is 16.3 Å². The highest BCUT2D eigenvalue weighted by molar-refractivity contribution is 8.18. The zero-order valence-electron chi connectivity index (χ0n) is 15.9. The van der Waals surface area contributed by atoms with Crippen LogP contribution in [0.15, 0.2) is 59.6 Å². The number of hydrogen-bond donors (Lipinski definition) is 1. The molecule has 0 radical (unpaired) electrons. The molecule has 156 valence electrons. The Balaban J connectivity index is 1.32. The van der Waals surface area contributed by atoms with Crippen molar-refractivity contribution < 1.29 is 19.1 Å². The fraction of sp³-hybridized carbons (Fsp3) is 0.0952. The molecule has 0 unspecified atom stereocenters. The van der Waals surface area contributed by atoms with Crippen molar-refractivity contribution in [1.29, 1.82) is 0 Å². The second kappa shape index (κ2) is 9.15. The van der Waals surface area contributed by atoms with Crippen molar-refractivity contribution in [1.82, 2.24) is 20.3 Å². The molecule has 1 N–H and O–H groups in total. The Morgan fingerprint density at radius 3 is 2.55 bits per heavy atom. The number of nitrogens with one attached hydrogen (secondary N) is 1. The second-order valence-corrected chi connectivity index (χ2v) is 8.00. The van der Waals surface area contributed by atoms with Crippen molar-refractivity contribution in [2.45, 2.75) is 13.2 Å². The molecule has 0 atom stereocenters. The predicted molar refractivity (Wildman–Crippen MR) is 116 cm³/mol. The molecule has 0 bridgehead atoms. The van der Waals surface area contributed by atoms with E-state index in [9.17, 15) is 14.4 Å². The van der Waals surface area contributed by atoms with Gasteiger partial charge in [0.1, 0.15) is 24.6 Å². The van der Waals surface area contributed by atoms with Crippen molar-refractivity contribution in [2.75, 3.05) is 0 Å². The van der Waals surface area contributed by atoms with Gasteiger partial charge in [0.25, 0.3) is 11.1 Å². The van der Waals surface area contributed by atoms with Gasteiger partial charge in [-0.05, 0) is 59.8 Å². The highest BCUT2D eigenvalue weighted by Gasteiger charge is 2.24. The quantitative estimate of drug-likeness (QED) is 0.428. The van der Waals surface area contributed by atoms with Crippen LogP contribution in [0.4, 0.5) is 4.79 Å². The monoisotopic (exact) mass is 454 g/mol. The van der Waals surface area contributed by atoms with Gasteiger partial charge in [-0.25, -0.2) is 4.68 Å². The highest BCUT2D eigenvalue weighted by Crippen LogP contribution is 2.26. The van der Waals surface area contributed by atoms with E-state index in [0.29, 0.717) is 26.9 Å². The Hall–Kier alpha value is -3.43. The van der Waals surface area contributed by atoms with Crippen LogP contribution in [0.3, 0.4) is 0 Å². The lowest BCUT2D eigenvalue weighted by molar-refractivity contribution is -0.115. The lowest BCUT2D eigenvalue weighted by Gasteiger charge is -2.04. The summed E-state index contributed by atoms with van der Waals surface area (Å²) in [4.78, 5) is 35.4. The van der Waals surface area contributed by atoms with Crippen LogP contribution in [-0.4, -0.2) is 31.9 Å². The smallest absolute Gasteiger partial charge is 0.290 e. The van der Waals surface area contributed by atoms with Crippen LogP contribution in [0.2, 0.25) is 5.02 Å². The number of thioether (sulfide) groups is 1. The van der Waals surface area contributed by atoms with Crippen molar-refractivity contribution in [3.63, 3.8) is 0 Å². The number of imide groups is 1. The Labute approximate surface area is 186 Å². The molecule has 2 aromatic carbocycles. The summed E-state index contributed by atoms with van der Waals surface area (Å²) < 4.78 is 7.15. The normalized spacial score (nSPS) is 14.7. The minimum Gasteiger partial charge on any atom is -0.487 e. The molecule has 10 heteroatoms. The number of rotatable bonds is 7. The Morgan fingerprint density at radius 1 is 1.13 bits per heavy atom. The van der Waals surface area contributed by atoms with Gasteiger partial charge in [0.2, 0.25) is 0 Å². The van der Waals surface area contributed by atoms with Crippen LogP contribution in [0.5, 0.6) is 5.75 Å². The molecule has 2 amide bonds. The van der Waals surface area contributed by atoms with E-state index >= 15 is 0 Å². The van der Waals surface area contributed by atoms with E-state index in [1.165, 1.54) is 4.68 Å². The summed E-state index contributed by atoms with van der Waals surface area (Å²) in [7, 11) is 0. The van der Waals surface area contributed by atoms with Crippen LogP contribution in [0.25, 0.3) is 6.08 Å². The predicted octanol–water partition coefficient (Wildman–Crippen LogP) is 3.72. The number of ketones is 1. The average molecular weight is 455 g/mol. The summed E-state index contributed by atoms with van der Waals surface area (Å²) in [5.74, 6) is 0.107. The first-order valence-corrected chi connectivity index (χ1v) is 10.3. The molecule has 4 rings (SSSR count). The lowest BCUT2D eigenvalue weighted by atomic mass is 10.1. The fourth-order valence-corrected chi connectivity index (χ4v) is 3.55. The molecule has 1 saturated heterocycles. The number of halogens is 1. The number of hydrogen-bond acceptors (Lipinski definition) is 7. The van der Waals surface area contributed by atoms with Crippen molar-refractivity contribution >= 4 is 46.4 Å². The molecule has 1 fully saturated rings. The van der Waals surface area contributed by atoms with Gasteiger partial charge in [0, 0.05) is 10.6 Å². The van der Waals surface area contributed by atoms with Crippen molar-refractivity contribution in [2.24, 2.45) is 0 Å². The summed E-state index contributed by atoms with van der Waals surface area (Å²) in [6.45, 7) is 0.244. The molecule has 1 aliphatic heterocycles. The molecule has 3 aromatic rings. The minimum absolute atomic E-state index is 0.0616. The van der Waals surface area contributed by atoms with E-state index < -0.39 is 5.91 Å². The largest absolute Gasteiger partial charge is 0.487 e. The van der Waals surface area contributed by atoms with E-state index in [1.807, 2.05) is 0 Å². The minimum atomic E-state index is -0.395. The maximum atomic E-state index is 12.3. The number of aromatic nitrogens is 3. The molecular formula is C21H15ClN4O4S. The summed E-state index contributed by atoms with van der Waals surface area (Å²) in [5, 5.41) is 10.4. The molecule has 8 nitrogen and oxygen atoms in total. The van der Waals surface area contributed by atoms with Gasteiger partial charge in [-0.15, -0.1) is 5.10 Å². The number of amides is 2. The number of benzene rings is 2. The third kappa shape index (κ3) is 5.39. The average Bonchev–Trinajstić information content (AvgIpc) is 3.33. The molecule has 0 spiro atoms. The van der Waals surface area contributed by atoms with Gasteiger partial charge in [-0.3, -0.25) is 19.7 Å². The summed E-state index contributed by atoms with van der Waals surface area (Å²) in [6, 6.07) is 13.7. The van der Waals surface area contributed by atoms with Crippen LogP contribution < -0.4 is 10.1 Å². The maximum Gasteiger partial charge on any atom is 0.290 e. The number of nitrogens with zero attached hydrogens (tertiary/aromatic N) is 3. The molecule has 0 aliphatic carbocycles. The van der Waals surface area contributed by atoms with Crippen molar-refractivity contribution in [3.8, 4) is 5.75 Å². The maximum absolute atomic E-state index is 12.3. The number of carbonyl (C=O) groups is 3. The van der Waals surface area contributed by atoms with Gasteiger partial charge >= 0.3 is 0 Å². The first kappa shape index (κ1) is 20.8. The topological polar surface area (TPSA) is 103 Å². The van der Waals surface area contributed by atoms with E-state index in [0.717, 1.165) is 17.3 Å². The van der Waals surface area contributed by atoms with Gasteiger partial charge in [0.05, 0.1) is 11.1 Å². The fourth-order valence-electron chi connectivity index (χ4n) is 2.75. The Kier molecular flexibility index (Phi) is 6.15. The summed E-state index contributed by atoms with van der Waals surface area (Å²) >= 11 is 6.71. The van der Waals surface area contributed by atoms with Gasteiger partial charge in [-0.1, -0.05) is 28.9 Å². The molecule has 31 heavy (non-hydrogen) atoms. The van der Waals surface area contributed by atoms with Crippen molar-refractivity contribution in [3.05, 3.63) is 81.5 Å². The van der Waals surface area contributed by atoms with Crippen LogP contribution in [0.1, 0.15) is 21.6 Å². The van der Waals surface area contributed by atoms with E-state index in [-0.39, 0.29) is 24.2 Å². The third-order valence-electron chi connectivity index (χ3n) is 4.26. The Morgan fingerprint density at radius 2 is 1.87 bits per heavy atom. The summed E-state index contributed by atoms with van der Waals surface area (Å²) in [5.41, 5.74) is 1.89. The molecule has 1 aromatic heterocycles. The third-order valence-corrected chi connectivity index (χ3v) is 5.33. The zero-order valence-corrected chi connectivity index (χ0v) is 17.5. The molecular weight excluding hydrogens is 440 g/mol. The highest BCUT2D eigenvalue weighted by atomic mass is 35.5. The van der Waals surface area contributed by atoms with Gasteiger partial charge in [-0.2, -0.15) is 0 Å². The molecule has 0 saturated carbocycles. The van der Waals surface area contributed by atoms with E-state index in [2.05, 4.69) is 15.6 Å². The zero-order chi connectivity index (χ0) is 21.8. The number of Topliss-reactive ketones (excluding diaryl/α,β-unsaturated/α-hetero) is 1. The first-order chi connectivity index (χ1) is 15.0. The molecule has 1 aliphatic rings. The number of carbonyl (C=O) groups excluding carboxylic acids is 3. The van der Waals surface area contributed by atoms with Gasteiger partial charge < -0.3 is 4.74 Å². The SMILES string of the molecule is O=C1NC(=O)/C(=C/c2ccc(OCc3cn(CC(=O)c4ccc(Cl)cc4)nn3)cc2)S1. The standard InChI is InChI=1S/C21H15ClN4O4S/c22-15-5-3-14(4-6-15)18(27)11-26-10-16(24-25-26)12-30-17-7-1-13(2-8-17)9-19-20(28)23-21(29)31-19/h1-10H,11-12H2,(H,23,28,29)/b19-9-. The lowest BCUT2D eigenvalue weighted by Crippen LogP contribution is -2.17. The first-order valence-electron chi connectivity index (χ1n) is 9.12. The molecule has 2 heterocycles. The summed E-state index contributed by atoms with van der Waals surface area (Å²) in [6.07, 6.45) is 3.29. The number of ether oxygens (including phenoxy) is 1. The van der Waals surface area contributed by atoms with Crippen LogP contribution in [0, 0.1) is 0 Å². The van der Waals surface area contributed by atoms with Crippen LogP contribution in [-0.2, 0) is 17.9 Å². The van der Waals surface area contributed by atoms with E-state index in [1.54, 1.807) is 60.8 Å². The second-order valence-electron chi connectivity index (χ2n) is 6.55. The van der Waals surface area contributed by atoms with Gasteiger partial charge in [0.15, 0.2) is 5.78 Å². The Bertz CT molecular complexity index is 1170. The van der Waals surface area contributed by atoms with Crippen LogP contribution >= 0.6 is 23.4 Å².